The third kappa shape index (κ3) is 9.20. The smallest absolute Gasteiger partial charge is 0.164 e. The molecule has 2 rings (SSSR count). The van der Waals surface area contributed by atoms with Crippen molar-refractivity contribution in [3.05, 3.63) is 65.4 Å². The summed E-state index contributed by atoms with van der Waals surface area (Å²) < 4.78 is 15.7. The molecule has 0 aliphatic carbocycles. The minimum absolute atomic E-state index is 0.105. The van der Waals surface area contributed by atoms with Crippen molar-refractivity contribution in [1.29, 1.82) is 0 Å². The Bertz CT molecular complexity index is 1000. The molecule has 34 heavy (non-hydrogen) atoms. The summed E-state index contributed by atoms with van der Waals surface area (Å²) >= 11 is 0. The van der Waals surface area contributed by atoms with Crippen LogP contribution >= 0.6 is 0 Å². The van der Waals surface area contributed by atoms with Crippen LogP contribution in [-0.2, 0) is 7.05 Å². The molecule has 4 nitrogen and oxygen atoms in total. The number of aromatic nitrogens is 3. The second-order valence-electron chi connectivity index (χ2n) is 8.66. The first-order valence-corrected chi connectivity index (χ1v) is 12.2. The number of aryl methyl sites for hydroxylation is 1. The van der Waals surface area contributed by atoms with E-state index < -0.39 is 0 Å². The monoisotopic (exact) mass is 468 g/mol. The molecule has 0 saturated heterocycles. The zero-order valence-electron chi connectivity index (χ0n) is 23.3. The number of hydrogen-bond acceptors (Lipinski definition) is 3. The van der Waals surface area contributed by atoms with Crippen LogP contribution in [0.25, 0.3) is 17.5 Å². The van der Waals surface area contributed by atoms with Gasteiger partial charge in [0.1, 0.15) is 5.82 Å². The van der Waals surface area contributed by atoms with Gasteiger partial charge in [0.2, 0.25) is 0 Å². The highest BCUT2D eigenvalue weighted by atomic mass is 19.1. The average Bonchev–Trinajstić information content (AvgIpc) is 3.17. The lowest BCUT2D eigenvalue weighted by Gasteiger charge is -2.25. The maximum atomic E-state index is 13.8. The Morgan fingerprint density at radius 1 is 1.12 bits per heavy atom. The van der Waals surface area contributed by atoms with Gasteiger partial charge in [-0.3, -0.25) is 4.99 Å². The predicted molar refractivity (Wildman–Crippen MR) is 148 cm³/mol. The van der Waals surface area contributed by atoms with Gasteiger partial charge in [0.15, 0.2) is 11.6 Å². The van der Waals surface area contributed by atoms with E-state index in [2.05, 4.69) is 42.5 Å². The van der Waals surface area contributed by atoms with Crippen molar-refractivity contribution >= 4 is 11.8 Å². The topological polar surface area (TPSA) is 43.1 Å². The highest BCUT2D eigenvalue weighted by Crippen LogP contribution is 2.34. The Kier molecular flexibility index (Phi) is 13.9. The van der Waals surface area contributed by atoms with Gasteiger partial charge in [-0.1, -0.05) is 72.8 Å². The van der Waals surface area contributed by atoms with Gasteiger partial charge in [-0.25, -0.2) is 4.39 Å². The van der Waals surface area contributed by atoms with Crippen molar-refractivity contribution in [2.75, 3.05) is 0 Å². The Morgan fingerprint density at radius 3 is 2.29 bits per heavy atom. The summed E-state index contributed by atoms with van der Waals surface area (Å²) in [5, 5.41) is 8.71. The standard InChI is InChI=1S/C25H33FN4.2C2H6/c1-9-14-27-19(4)12-10-18(3)22(25(5,6)7)16-23-28-29-24(30(23)8)21-15-20(26)13-11-17(21)2;2*1-2/h9,11,13-16H,3,10,12H2,1-2,4-8H3;2*1-2H3/b14-9-,22-16+,27-19?;;. The highest BCUT2D eigenvalue weighted by Gasteiger charge is 2.21. The molecule has 2 aromatic rings. The van der Waals surface area contributed by atoms with Gasteiger partial charge in [0, 0.05) is 24.5 Å². The molecule has 0 aliphatic heterocycles. The number of aliphatic imine (C=N–C) groups is 1. The lowest BCUT2D eigenvalue weighted by atomic mass is 9.80. The Labute approximate surface area is 207 Å². The minimum atomic E-state index is -0.283. The largest absolute Gasteiger partial charge is 0.311 e. The van der Waals surface area contributed by atoms with Crippen LogP contribution in [0.1, 0.15) is 86.5 Å². The second-order valence-corrected chi connectivity index (χ2v) is 8.66. The molecule has 0 radical (unpaired) electrons. The Balaban J connectivity index is 0.00000258. The quantitative estimate of drug-likeness (QED) is 0.301. The number of hydrogen-bond donors (Lipinski definition) is 0. The van der Waals surface area contributed by atoms with E-state index in [-0.39, 0.29) is 11.2 Å². The summed E-state index contributed by atoms with van der Waals surface area (Å²) in [4.78, 5) is 4.40. The minimum Gasteiger partial charge on any atom is -0.311 e. The lowest BCUT2D eigenvalue weighted by molar-refractivity contribution is 0.510. The normalized spacial score (nSPS) is 12.1. The van der Waals surface area contributed by atoms with Gasteiger partial charge in [-0.15, -0.1) is 10.2 Å². The second kappa shape index (κ2) is 15.2. The molecule has 5 heteroatoms. The summed E-state index contributed by atoms with van der Waals surface area (Å²) in [6, 6.07) is 4.72. The van der Waals surface area contributed by atoms with Gasteiger partial charge in [-0.2, -0.15) is 0 Å². The highest BCUT2D eigenvalue weighted by molar-refractivity contribution is 5.82. The van der Waals surface area contributed by atoms with Crippen LogP contribution in [-0.4, -0.2) is 20.5 Å². The van der Waals surface area contributed by atoms with Crippen LogP contribution in [0.2, 0.25) is 0 Å². The molecule has 1 aromatic carbocycles. The van der Waals surface area contributed by atoms with E-state index in [0.29, 0.717) is 5.82 Å². The molecule has 0 unspecified atom stereocenters. The fourth-order valence-electron chi connectivity index (χ4n) is 3.25. The molecule has 1 aromatic heterocycles. The van der Waals surface area contributed by atoms with E-state index in [9.17, 15) is 4.39 Å². The van der Waals surface area contributed by atoms with Gasteiger partial charge in [0.05, 0.1) is 0 Å². The first-order chi connectivity index (χ1) is 16.0. The zero-order valence-corrected chi connectivity index (χ0v) is 23.3. The van der Waals surface area contributed by atoms with Crippen LogP contribution in [0.15, 0.2) is 53.2 Å². The first kappa shape index (κ1) is 31.2. The summed E-state index contributed by atoms with van der Waals surface area (Å²) in [6.45, 7) is 24.8. The number of benzene rings is 1. The fraction of sp³-hybridized carbons (Fsp3) is 0.483. The predicted octanol–water partition coefficient (Wildman–Crippen LogP) is 8.74. The van der Waals surface area contributed by atoms with Crippen LogP contribution in [0.5, 0.6) is 0 Å². The SMILES string of the molecule is C=C(CCC(C)=N/C=C\C)/C(=C\c1nnc(-c2cc(F)ccc2C)n1C)C(C)(C)C.CC.CC. The zero-order chi connectivity index (χ0) is 26.5. The van der Waals surface area contributed by atoms with E-state index in [4.69, 9.17) is 0 Å². The van der Waals surface area contributed by atoms with E-state index >= 15 is 0 Å². The molecule has 0 spiro atoms. The van der Waals surface area contributed by atoms with Crippen LogP contribution in [0.4, 0.5) is 4.39 Å². The fourth-order valence-corrected chi connectivity index (χ4v) is 3.25. The van der Waals surface area contributed by atoms with Crippen molar-refractivity contribution < 1.29 is 4.39 Å². The summed E-state index contributed by atoms with van der Waals surface area (Å²) in [5.74, 6) is 1.08. The maximum absolute atomic E-state index is 13.8. The molecule has 0 atom stereocenters. The van der Waals surface area contributed by atoms with Gasteiger partial charge in [-0.05, 0) is 68.4 Å². The van der Waals surface area contributed by atoms with E-state index in [0.717, 1.165) is 46.7 Å². The van der Waals surface area contributed by atoms with Gasteiger partial charge < -0.3 is 4.57 Å². The molecule has 0 saturated carbocycles. The van der Waals surface area contributed by atoms with Crippen LogP contribution < -0.4 is 0 Å². The van der Waals surface area contributed by atoms with Crippen molar-refractivity contribution in [3.63, 3.8) is 0 Å². The van der Waals surface area contributed by atoms with Crippen LogP contribution in [0.3, 0.4) is 0 Å². The molecule has 0 bridgehead atoms. The molecule has 0 amide bonds. The summed E-state index contributed by atoms with van der Waals surface area (Å²) in [7, 11) is 1.91. The van der Waals surface area contributed by atoms with E-state index in [1.54, 1.807) is 6.07 Å². The molecule has 1 heterocycles. The Hall–Kier alpha value is -2.82. The van der Waals surface area contributed by atoms with Crippen molar-refractivity contribution in [1.82, 2.24) is 14.8 Å². The van der Waals surface area contributed by atoms with Crippen molar-refractivity contribution in [2.24, 2.45) is 17.5 Å². The molecule has 0 aliphatic rings. The van der Waals surface area contributed by atoms with Gasteiger partial charge in [0.25, 0.3) is 0 Å². The number of rotatable bonds is 7. The van der Waals surface area contributed by atoms with Crippen molar-refractivity contribution in [3.8, 4) is 11.4 Å². The third-order valence-corrected chi connectivity index (χ3v) is 5.04. The Morgan fingerprint density at radius 2 is 1.74 bits per heavy atom. The van der Waals surface area contributed by atoms with E-state index in [1.807, 2.05) is 78.4 Å². The molecular weight excluding hydrogens is 423 g/mol. The van der Waals surface area contributed by atoms with Crippen molar-refractivity contribution in [2.45, 2.75) is 82.1 Å². The molecule has 0 fully saturated rings. The summed E-state index contributed by atoms with van der Waals surface area (Å²) in [5.41, 5.74) is 4.86. The van der Waals surface area contributed by atoms with Crippen LogP contribution in [0, 0.1) is 18.2 Å². The average molecular weight is 469 g/mol. The molecule has 188 valence electrons. The third-order valence-electron chi connectivity index (χ3n) is 5.04. The summed E-state index contributed by atoms with van der Waals surface area (Å²) in [6.07, 6.45) is 7.46. The molecular formula is C29H45FN4. The number of nitrogens with zero attached hydrogens (tertiary/aromatic N) is 4. The number of allylic oxidation sites excluding steroid dienone is 3. The first-order valence-electron chi connectivity index (χ1n) is 12.2. The van der Waals surface area contributed by atoms with E-state index in [1.165, 1.54) is 12.1 Å². The number of halogens is 1. The maximum Gasteiger partial charge on any atom is 0.164 e. The lowest BCUT2D eigenvalue weighted by Crippen LogP contribution is -2.12. The molecule has 0 N–H and O–H groups in total. The van der Waals surface area contributed by atoms with Gasteiger partial charge >= 0.3 is 0 Å².